The van der Waals surface area contributed by atoms with Gasteiger partial charge in [-0.1, -0.05) is 6.07 Å². The fourth-order valence-corrected chi connectivity index (χ4v) is 1.75. The van der Waals surface area contributed by atoms with Crippen LogP contribution in [0.15, 0.2) is 23.1 Å². The zero-order valence-corrected chi connectivity index (χ0v) is 7.95. The third-order valence-electron chi connectivity index (χ3n) is 1.59. The highest BCUT2D eigenvalue weighted by molar-refractivity contribution is 7.91. The maximum Gasteiger partial charge on any atom is 0.188 e. The third-order valence-corrected chi connectivity index (χ3v) is 2.94. The first-order chi connectivity index (χ1) is 5.65. The van der Waals surface area contributed by atoms with E-state index in [1.165, 1.54) is 6.07 Å². The van der Waals surface area contributed by atoms with Gasteiger partial charge in [0.1, 0.15) is 5.75 Å². The first-order valence-electron chi connectivity index (χ1n) is 3.79. The molecule has 0 saturated carbocycles. The van der Waals surface area contributed by atoms with E-state index in [0.29, 0.717) is 10.6 Å². The number of rotatable bonds is 2. The van der Waals surface area contributed by atoms with Crippen molar-refractivity contribution in [3.05, 3.63) is 29.6 Å². The number of benzene rings is 1. The maximum absolute atomic E-state index is 13.1. The lowest BCUT2D eigenvalue weighted by Crippen LogP contribution is -2.06. The summed E-state index contributed by atoms with van der Waals surface area (Å²) in [4.78, 5) is 0.308. The van der Waals surface area contributed by atoms with Gasteiger partial charge in [-0.3, -0.25) is 0 Å². The van der Waals surface area contributed by atoms with E-state index in [1.807, 2.05) is 6.92 Å². The van der Waals surface area contributed by atoms with E-state index in [4.69, 9.17) is 0 Å². The number of halogens is 1. The second kappa shape index (κ2) is 3.92. The van der Waals surface area contributed by atoms with Crippen LogP contribution in [0, 0.1) is 12.7 Å². The third kappa shape index (κ3) is 1.99. The zero-order valence-electron chi connectivity index (χ0n) is 7.13. The van der Waals surface area contributed by atoms with Crippen LogP contribution in [0.1, 0.15) is 12.5 Å². The molecule has 0 aliphatic carbocycles. The molecule has 1 unspecified atom stereocenters. The molecule has 0 fully saturated rings. The summed E-state index contributed by atoms with van der Waals surface area (Å²) < 4.78 is 24.3. The van der Waals surface area contributed by atoms with Crippen LogP contribution in [0.5, 0.6) is 0 Å². The van der Waals surface area contributed by atoms with Crippen molar-refractivity contribution >= 4 is 11.2 Å². The Morgan fingerprint density at radius 2 is 2.17 bits per heavy atom. The summed E-state index contributed by atoms with van der Waals surface area (Å²) in [5.74, 6) is 0.0927. The Kier molecular flexibility index (Phi) is 3.12. The molecule has 1 nitrogen and oxygen atoms in total. The van der Waals surface area contributed by atoms with E-state index >= 15 is 0 Å². The molecule has 0 aromatic heterocycles. The molecule has 1 atom stereocenters. The molecule has 0 heterocycles. The van der Waals surface area contributed by atoms with Gasteiger partial charge in [-0.05, 0) is 42.7 Å². The molecule has 1 rings (SSSR count). The van der Waals surface area contributed by atoms with Gasteiger partial charge in [0.15, 0.2) is 10.7 Å². The molecule has 0 saturated heterocycles. The van der Waals surface area contributed by atoms with Gasteiger partial charge in [0.05, 0.1) is 0 Å². The standard InChI is InChI=1S/C9H11FOS/c1-3-12(11)9-5-4-7(2)6-8(9)10/h4-6H,3H2,1-2H3. The van der Waals surface area contributed by atoms with Gasteiger partial charge in [0, 0.05) is 0 Å². The lowest BCUT2D eigenvalue weighted by molar-refractivity contribution is 0.566. The molecule has 0 radical (unpaired) electrons. The van der Waals surface area contributed by atoms with Crippen LogP contribution < -0.4 is 0 Å². The number of hydrogen-bond donors (Lipinski definition) is 0. The highest BCUT2D eigenvalue weighted by atomic mass is 32.2. The first kappa shape index (κ1) is 9.55. The van der Waals surface area contributed by atoms with Crippen molar-refractivity contribution in [2.24, 2.45) is 0 Å². The summed E-state index contributed by atoms with van der Waals surface area (Å²) in [6, 6.07) is 4.76. The van der Waals surface area contributed by atoms with Crippen LogP contribution >= 0.6 is 0 Å². The molecule has 0 amide bonds. The van der Waals surface area contributed by atoms with Crippen molar-refractivity contribution in [2.75, 3.05) is 5.75 Å². The van der Waals surface area contributed by atoms with Crippen molar-refractivity contribution in [2.45, 2.75) is 18.7 Å². The maximum atomic E-state index is 13.1. The van der Waals surface area contributed by atoms with E-state index in [9.17, 15) is 8.94 Å². The van der Waals surface area contributed by atoms with Crippen LogP contribution in [0.2, 0.25) is 0 Å². The van der Waals surface area contributed by atoms with Crippen molar-refractivity contribution < 1.29 is 8.94 Å². The van der Waals surface area contributed by atoms with E-state index in [1.54, 1.807) is 19.1 Å². The molecule has 3 heteroatoms. The van der Waals surface area contributed by atoms with Crippen LogP contribution in [-0.4, -0.2) is 10.3 Å². The molecular weight excluding hydrogens is 175 g/mol. The normalized spacial score (nSPS) is 13.0. The second-order valence-electron chi connectivity index (χ2n) is 2.57. The largest absolute Gasteiger partial charge is 0.611 e. The van der Waals surface area contributed by atoms with Crippen molar-refractivity contribution in [3.63, 3.8) is 0 Å². The minimum atomic E-state index is -1.19. The minimum absolute atomic E-state index is 0.308. The highest BCUT2D eigenvalue weighted by Crippen LogP contribution is 2.16. The summed E-state index contributed by atoms with van der Waals surface area (Å²) in [6.07, 6.45) is 0. The smallest absolute Gasteiger partial charge is 0.188 e. The van der Waals surface area contributed by atoms with Crippen molar-refractivity contribution in [1.82, 2.24) is 0 Å². The van der Waals surface area contributed by atoms with Crippen molar-refractivity contribution in [3.8, 4) is 0 Å². The lowest BCUT2D eigenvalue weighted by Gasteiger charge is -2.08. The average Bonchev–Trinajstić information content (AvgIpc) is 2.03. The van der Waals surface area contributed by atoms with E-state index < -0.39 is 11.2 Å². The fraction of sp³-hybridized carbons (Fsp3) is 0.333. The summed E-state index contributed by atoms with van der Waals surface area (Å²) in [6.45, 7) is 3.58. The molecule has 1 aromatic carbocycles. The van der Waals surface area contributed by atoms with Gasteiger partial charge in [-0.2, -0.15) is 0 Å². The fourth-order valence-electron chi connectivity index (χ4n) is 0.946. The van der Waals surface area contributed by atoms with Gasteiger partial charge in [0.2, 0.25) is 0 Å². The molecule has 0 bridgehead atoms. The Hall–Kier alpha value is -0.540. The lowest BCUT2D eigenvalue weighted by atomic mass is 10.2. The van der Waals surface area contributed by atoms with Gasteiger partial charge in [-0.15, -0.1) is 0 Å². The topological polar surface area (TPSA) is 23.1 Å². The first-order valence-corrected chi connectivity index (χ1v) is 5.11. The molecule has 0 aliphatic rings. The predicted octanol–water partition coefficient (Wildman–Crippen LogP) is 2.26. The Morgan fingerprint density at radius 3 is 2.67 bits per heavy atom. The van der Waals surface area contributed by atoms with Crippen LogP contribution in [0.25, 0.3) is 0 Å². The quantitative estimate of drug-likeness (QED) is 0.650. The Balaban J connectivity index is 3.01. The zero-order chi connectivity index (χ0) is 9.14. The Morgan fingerprint density at radius 1 is 1.50 bits per heavy atom. The van der Waals surface area contributed by atoms with Gasteiger partial charge >= 0.3 is 0 Å². The molecule has 66 valence electrons. The number of aryl methyl sites for hydroxylation is 1. The molecule has 1 aromatic rings. The molecule has 0 spiro atoms. The summed E-state index contributed by atoms with van der Waals surface area (Å²) in [7, 11) is 0. The molecule has 12 heavy (non-hydrogen) atoms. The van der Waals surface area contributed by atoms with Crippen LogP contribution in [0.3, 0.4) is 0 Å². The summed E-state index contributed by atoms with van der Waals surface area (Å²) in [5.41, 5.74) is 0.851. The highest BCUT2D eigenvalue weighted by Gasteiger charge is 2.13. The second-order valence-corrected chi connectivity index (χ2v) is 4.28. The molecular formula is C9H11FOS. The van der Waals surface area contributed by atoms with E-state index in [-0.39, 0.29) is 5.82 Å². The SMILES string of the molecule is CC[S+]([O-])c1ccc(C)cc1F. The van der Waals surface area contributed by atoms with Gasteiger partial charge in [-0.25, -0.2) is 4.39 Å². The Labute approximate surface area is 74.8 Å². The minimum Gasteiger partial charge on any atom is -0.611 e. The summed E-state index contributed by atoms with van der Waals surface area (Å²) in [5, 5.41) is 0. The van der Waals surface area contributed by atoms with E-state index in [2.05, 4.69) is 0 Å². The molecule has 0 N–H and O–H groups in total. The number of hydrogen-bond acceptors (Lipinski definition) is 1. The van der Waals surface area contributed by atoms with Crippen LogP contribution in [-0.2, 0) is 11.2 Å². The average molecular weight is 186 g/mol. The van der Waals surface area contributed by atoms with Gasteiger partial charge < -0.3 is 4.55 Å². The Bertz CT molecular complexity index is 275. The monoisotopic (exact) mass is 186 g/mol. The molecule has 0 aliphatic heterocycles. The van der Waals surface area contributed by atoms with Crippen LogP contribution in [0.4, 0.5) is 4.39 Å². The van der Waals surface area contributed by atoms with Gasteiger partial charge in [0.25, 0.3) is 0 Å². The summed E-state index contributed by atoms with van der Waals surface area (Å²) >= 11 is -1.19. The van der Waals surface area contributed by atoms with E-state index in [0.717, 1.165) is 5.56 Å². The predicted molar refractivity (Wildman–Crippen MR) is 48.1 cm³/mol. The van der Waals surface area contributed by atoms with Crippen molar-refractivity contribution in [1.29, 1.82) is 0 Å².